The quantitative estimate of drug-likeness (QED) is 0.834. The summed E-state index contributed by atoms with van der Waals surface area (Å²) in [6.07, 6.45) is 4.93. The van der Waals surface area contributed by atoms with E-state index in [0.717, 1.165) is 16.8 Å². The number of hydrogen-bond acceptors (Lipinski definition) is 4. The van der Waals surface area contributed by atoms with Gasteiger partial charge in [0.2, 0.25) is 0 Å². The van der Waals surface area contributed by atoms with Crippen molar-refractivity contribution in [2.75, 3.05) is 0 Å². The van der Waals surface area contributed by atoms with Crippen molar-refractivity contribution in [1.82, 2.24) is 20.7 Å². The fraction of sp³-hybridized carbons (Fsp3) is 0.333. The molecule has 2 aromatic rings. The Morgan fingerprint density at radius 2 is 1.89 bits per heavy atom. The molecule has 3 unspecified atom stereocenters. The maximum absolute atomic E-state index is 12.9. The Hall–Kier alpha value is -2.37. The molecule has 4 rings (SSSR count). The summed E-state index contributed by atoms with van der Waals surface area (Å²) in [7, 11) is 0. The number of pyridine rings is 1. The smallest absolute Gasteiger partial charge is 0.264 e. The number of benzene rings is 1. The Balaban J connectivity index is 1.75. The Labute approximate surface area is 164 Å². The van der Waals surface area contributed by atoms with E-state index in [4.69, 9.17) is 11.6 Å². The minimum Gasteiger partial charge on any atom is -0.363 e. The van der Waals surface area contributed by atoms with Crippen LogP contribution in [0.15, 0.2) is 54.9 Å². The van der Waals surface area contributed by atoms with Crippen LogP contribution in [-0.4, -0.2) is 28.1 Å². The molecular weight excluding hydrogens is 360 g/mol. The van der Waals surface area contributed by atoms with Gasteiger partial charge >= 0.3 is 0 Å². The second-order valence-electron chi connectivity index (χ2n) is 8.15. The topological polar surface area (TPSA) is 57.3 Å². The van der Waals surface area contributed by atoms with Gasteiger partial charge in [-0.15, -0.1) is 0 Å². The normalized spacial score (nSPS) is 25.0. The second-order valence-corrected chi connectivity index (χ2v) is 8.58. The van der Waals surface area contributed by atoms with Crippen LogP contribution < -0.4 is 10.7 Å². The molecule has 1 aromatic carbocycles. The molecule has 2 aliphatic rings. The minimum atomic E-state index is -0.192. The molecule has 1 fully saturated rings. The van der Waals surface area contributed by atoms with Gasteiger partial charge in [0, 0.05) is 41.0 Å². The third-order valence-corrected chi connectivity index (χ3v) is 5.48. The summed E-state index contributed by atoms with van der Waals surface area (Å²) in [6, 6.07) is 11.8. The summed E-state index contributed by atoms with van der Waals surface area (Å²) in [5.74, 6) is 0.0231. The van der Waals surface area contributed by atoms with Gasteiger partial charge in [-0.1, -0.05) is 44.5 Å². The van der Waals surface area contributed by atoms with E-state index in [-0.39, 0.29) is 29.4 Å². The summed E-state index contributed by atoms with van der Waals surface area (Å²) in [4.78, 5) is 17.0. The number of aromatic nitrogens is 1. The van der Waals surface area contributed by atoms with E-state index in [2.05, 4.69) is 36.5 Å². The maximum atomic E-state index is 12.9. The van der Waals surface area contributed by atoms with Gasteiger partial charge in [-0.25, -0.2) is 5.43 Å². The van der Waals surface area contributed by atoms with Gasteiger partial charge in [0.1, 0.15) is 6.17 Å². The van der Waals surface area contributed by atoms with E-state index in [1.165, 1.54) is 0 Å². The molecule has 0 spiro atoms. The first-order valence-electron chi connectivity index (χ1n) is 9.08. The molecular formula is C21H23ClN4O. The molecule has 1 amide bonds. The molecule has 0 radical (unpaired) electrons. The lowest BCUT2D eigenvalue weighted by Crippen LogP contribution is -2.52. The Kier molecular flexibility index (Phi) is 4.44. The van der Waals surface area contributed by atoms with Crippen LogP contribution in [0, 0.1) is 5.41 Å². The molecule has 140 valence electrons. The van der Waals surface area contributed by atoms with E-state index in [1.807, 2.05) is 36.4 Å². The lowest BCUT2D eigenvalue weighted by Gasteiger charge is -2.34. The Morgan fingerprint density at radius 3 is 2.52 bits per heavy atom. The number of amides is 1. The molecule has 27 heavy (non-hydrogen) atoms. The van der Waals surface area contributed by atoms with Gasteiger partial charge in [0.15, 0.2) is 0 Å². The fourth-order valence-corrected chi connectivity index (χ4v) is 4.01. The van der Waals surface area contributed by atoms with Crippen LogP contribution in [0.25, 0.3) is 5.70 Å². The first kappa shape index (κ1) is 18.0. The highest BCUT2D eigenvalue weighted by Crippen LogP contribution is 2.41. The first-order chi connectivity index (χ1) is 12.8. The molecule has 2 N–H and O–H groups in total. The van der Waals surface area contributed by atoms with Crippen molar-refractivity contribution < 1.29 is 4.79 Å². The number of nitrogens with one attached hydrogen (secondary N) is 2. The van der Waals surface area contributed by atoms with Crippen LogP contribution in [0.1, 0.15) is 37.8 Å². The number of carbonyl (C=O) groups is 1. The Morgan fingerprint density at radius 1 is 1.15 bits per heavy atom. The molecule has 0 aliphatic carbocycles. The van der Waals surface area contributed by atoms with E-state index in [9.17, 15) is 4.79 Å². The number of rotatable bonds is 2. The molecule has 5 nitrogen and oxygen atoms in total. The van der Waals surface area contributed by atoms with Crippen LogP contribution in [0.4, 0.5) is 0 Å². The van der Waals surface area contributed by atoms with Gasteiger partial charge in [-0.3, -0.25) is 14.8 Å². The summed E-state index contributed by atoms with van der Waals surface area (Å²) >= 11 is 6.10. The summed E-state index contributed by atoms with van der Waals surface area (Å²) in [5, 5.41) is 5.98. The van der Waals surface area contributed by atoms with Crippen molar-refractivity contribution in [2.24, 2.45) is 5.41 Å². The molecule has 0 saturated carbocycles. The van der Waals surface area contributed by atoms with Crippen molar-refractivity contribution in [1.29, 1.82) is 0 Å². The largest absolute Gasteiger partial charge is 0.363 e. The van der Waals surface area contributed by atoms with Crippen LogP contribution in [-0.2, 0) is 4.79 Å². The fourth-order valence-electron chi connectivity index (χ4n) is 3.88. The maximum Gasteiger partial charge on any atom is 0.264 e. The van der Waals surface area contributed by atoms with Crippen LogP contribution >= 0.6 is 11.6 Å². The molecule has 1 saturated heterocycles. The van der Waals surface area contributed by atoms with Crippen LogP contribution in [0.3, 0.4) is 0 Å². The van der Waals surface area contributed by atoms with Crippen molar-refractivity contribution >= 4 is 23.2 Å². The first-order valence-corrected chi connectivity index (χ1v) is 9.46. The minimum absolute atomic E-state index is 0.0436. The molecule has 1 aromatic heterocycles. The highest BCUT2D eigenvalue weighted by molar-refractivity contribution is 6.30. The van der Waals surface area contributed by atoms with Gasteiger partial charge < -0.3 is 5.32 Å². The van der Waals surface area contributed by atoms with E-state index < -0.39 is 0 Å². The SMILES string of the molecule is CC(C)(C)C1NN2C(=O)C=C(c3cccnc3)NC2C1c1ccc(Cl)cc1. The highest BCUT2D eigenvalue weighted by Gasteiger charge is 2.50. The number of hydrogen-bond donors (Lipinski definition) is 2. The average Bonchev–Trinajstić information content (AvgIpc) is 3.04. The Bertz CT molecular complexity index is 873. The summed E-state index contributed by atoms with van der Waals surface area (Å²) < 4.78 is 0. The lowest BCUT2D eigenvalue weighted by molar-refractivity contribution is -0.131. The number of nitrogens with zero attached hydrogens (tertiary/aromatic N) is 2. The number of fused-ring (bicyclic) bond motifs is 1. The number of carbonyl (C=O) groups excluding carboxylic acids is 1. The zero-order valence-corrected chi connectivity index (χ0v) is 16.4. The molecule has 0 bridgehead atoms. The summed E-state index contributed by atoms with van der Waals surface area (Å²) in [6.45, 7) is 6.56. The average molecular weight is 383 g/mol. The molecule has 6 heteroatoms. The third kappa shape index (κ3) is 3.33. The van der Waals surface area contributed by atoms with Gasteiger partial charge in [0.05, 0.1) is 5.70 Å². The van der Waals surface area contributed by atoms with Gasteiger partial charge in [-0.05, 0) is 35.2 Å². The monoisotopic (exact) mass is 382 g/mol. The number of hydrazine groups is 1. The highest BCUT2D eigenvalue weighted by atomic mass is 35.5. The zero-order valence-electron chi connectivity index (χ0n) is 15.6. The third-order valence-electron chi connectivity index (χ3n) is 5.22. The number of halogens is 1. The molecule has 2 aliphatic heterocycles. The van der Waals surface area contributed by atoms with Gasteiger partial charge in [-0.2, -0.15) is 0 Å². The lowest BCUT2D eigenvalue weighted by atomic mass is 9.76. The zero-order chi connectivity index (χ0) is 19.2. The van der Waals surface area contributed by atoms with Crippen molar-refractivity contribution in [3.63, 3.8) is 0 Å². The summed E-state index contributed by atoms with van der Waals surface area (Å²) in [5.41, 5.74) is 6.25. The van der Waals surface area contributed by atoms with E-state index in [0.29, 0.717) is 5.02 Å². The predicted octanol–water partition coefficient (Wildman–Crippen LogP) is 3.55. The van der Waals surface area contributed by atoms with Crippen LogP contribution in [0.2, 0.25) is 5.02 Å². The molecule has 3 heterocycles. The van der Waals surface area contributed by atoms with E-state index >= 15 is 0 Å². The van der Waals surface area contributed by atoms with Gasteiger partial charge in [0.25, 0.3) is 5.91 Å². The van der Waals surface area contributed by atoms with Crippen molar-refractivity contribution in [2.45, 2.75) is 38.9 Å². The molecule has 3 atom stereocenters. The van der Waals surface area contributed by atoms with Crippen molar-refractivity contribution in [3.8, 4) is 0 Å². The van der Waals surface area contributed by atoms with E-state index in [1.54, 1.807) is 23.5 Å². The van der Waals surface area contributed by atoms with Crippen LogP contribution in [0.5, 0.6) is 0 Å². The second kappa shape index (κ2) is 6.66. The van der Waals surface area contributed by atoms with Crippen molar-refractivity contribution in [3.05, 3.63) is 71.0 Å². The standard InChI is InChI=1S/C21H23ClN4O/c1-21(2,3)19-18(13-6-8-15(22)9-7-13)20-24-16(11-17(27)26(20)25-19)14-5-4-10-23-12-14/h4-12,18-20,24-25H,1-3H3. The predicted molar refractivity (Wildman–Crippen MR) is 107 cm³/mol.